The number of benzene rings is 1. The molecular formula is C23H30FNO8. The van der Waals surface area contributed by atoms with E-state index in [2.05, 4.69) is 11.9 Å². The average molecular weight is 467 g/mol. The Balaban J connectivity index is 2.26. The van der Waals surface area contributed by atoms with Gasteiger partial charge in [0.05, 0.1) is 13.7 Å². The number of carbonyl (C=O) groups excluding carboxylic acids is 1. The number of nitrogens with one attached hydrogen (secondary N) is 1. The van der Waals surface area contributed by atoms with Crippen LogP contribution < -0.4 is 10.1 Å². The first-order valence-corrected chi connectivity index (χ1v) is 10.2. The summed E-state index contributed by atoms with van der Waals surface area (Å²) in [5, 5.41) is 42.4. The summed E-state index contributed by atoms with van der Waals surface area (Å²) >= 11 is 0. The van der Waals surface area contributed by atoms with Crippen molar-refractivity contribution in [1.29, 1.82) is 0 Å². The molecule has 1 aliphatic heterocycles. The molecule has 0 aromatic heterocycles. The van der Waals surface area contributed by atoms with Gasteiger partial charge in [0.15, 0.2) is 6.17 Å². The van der Waals surface area contributed by atoms with E-state index in [1.165, 1.54) is 20.1 Å². The van der Waals surface area contributed by atoms with Gasteiger partial charge in [0.1, 0.15) is 41.2 Å². The van der Waals surface area contributed by atoms with Gasteiger partial charge in [0.25, 0.3) is 5.91 Å². The highest BCUT2D eigenvalue weighted by molar-refractivity contribution is 5.97. The zero-order chi connectivity index (χ0) is 24.7. The fourth-order valence-electron chi connectivity index (χ4n) is 3.15. The van der Waals surface area contributed by atoms with Crippen molar-refractivity contribution in [3.8, 4) is 5.75 Å². The molecule has 1 saturated heterocycles. The number of carbonyl (C=O) groups is 1. The monoisotopic (exact) mass is 467 g/mol. The molecule has 0 bridgehead atoms. The highest BCUT2D eigenvalue weighted by Crippen LogP contribution is 2.27. The van der Waals surface area contributed by atoms with E-state index in [0.29, 0.717) is 11.3 Å². The van der Waals surface area contributed by atoms with Crippen LogP contribution in [0.2, 0.25) is 0 Å². The maximum absolute atomic E-state index is 14.0. The topological polar surface area (TPSA) is 138 Å². The Morgan fingerprint density at radius 2 is 1.88 bits per heavy atom. The molecule has 33 heavy (non-hydrogen) atoms. The average Bonchev–Trinajstić information content (AvgIpc) is 2.78. The minimum atomic E-state index is -2.03. The number of allylic oxidation sites excluding steroid dienone is 3. The molecule has 1 aromatic rings. The highest BCUT2D eigenvalue weighted by Gasteiger charge is 2.46. The molecule has 10 heteroatoms. The summed E-state index contributed by atoms with van der Waals surface area (Å²) in [4.78, 5) is 12.9. The molecule has 5 unspecified atom stereocenters. The fraction of sp³-hybridized carbons (Fsp3) is 0.435. The van der Waals surface area contributed by atoms with Gasteiger partial charge in [0.2, 0.25) is 6.29 Å². The quantitative estimate of drug-likeness (QED) is 0.209. The fourth-order valence-corrected chi connectivity index (χ4v) is 3.15. The lowest BCUT2D eigenvalue weighted by Gasteiger charge is -2.38. The van der Waals surface area contributed by atoms with Crippen molar-refractivity contribution in [2.24, 2.45) is 0 Å². The van der Waals surface area contributed by atoms with Crippen LogP contribution in [0.4, 0.5) is 4.39 Å². The molecule has 0 spiro atoms. The van der Waals surface area contributed by atoms with Gasteiger partial charge in [-0.05, 0) is 37.6 Å². The van der Waals surface area contributed by atoms with E-state index in [1.54, 1.807) is 31.2 Å². The Kier molecular flexibility index (Phi) is 9.42. The third-order valence-corrected chi connectivity index (χ3v) is 4.92. The van der Waals surface area contributed by atoms with Gasteiger partial charge in [-0.2, -0.15) is 0 Å². The molecule has 0 aliphatic carbocycles. The lowest BCUT2D eigenvalue weighted by molar-refractivity contribution is -0.280. The van der Waals surface area contributed by atoms with E-state index in [1.807, 2.05) is 0 Å². The third kappa shape index (κ3) is 6.78. The van der Waals surface area contributed by atoms with E-state index in [-0.39, 0.29) is 17.9 Å². The zero-order valence-electron chi connectivity index (χ0n) is 18.7. The van der Waals surface area contributed by atoms with Crippen LogP contribution in [0.15, 0.2) is 59.6 Å². The second-order valence-corrected chi connectivity index (χ2v) is 7.61. The Labute approximate surface area is 191 Å². The number of aliphatic hydroxyl groups excluding tert-OH is 4. The van der Waals surface area contributed by atoms with Gasteiger partial charge in [0, 0.05) is 6.54 Å². The molecule has 0 saturated carbocycles. The van der Waals surface area contributed by atoms with Gasteiger partial charge >= 0.3 is 0 Å². The first kappa shape index (κ1) is 26.3. The van der Waals surface area contributed by atoms with Crippen molar-refractivity contribution >= 4 is 5.91 Å². The number of hydrogen-bond donors (Lipinski definition) is 5. The number of hydrogen-bond acceptors (Lipinski definition) is 8. The van der Waals surface area contributed by atoms with Crippen molar-refractivity contribution in [2.75, 3.05) is 13.7 Å². The maximum Gasteiger partial charge on any atom is 0.258 e. The third-order valence-electron chi connectivity index (χ3n) is 4.92. The van der Waals surface area contributed by atoms with Crippen LogP contribution in [-0.4, -0.2) is 70.8 Å². The van der Waals surface area contributed by atoms with E-state index >= 15 is 0 Å². The van der Waals surface area contributed by atoms with Crippen molar-refractivity contribution in [3.63, 3.8) is 0 Å². The number of amides is 1. The molecule has 5 atom stereocenters. The van der Waals surface area contributed by atoms with Crippen LogP contribution in [-0.2, 0) is 20.8 Å². The maximum atomic E-state index is 14.0. The summed E-state index contributed by atoms with van der Waals surface area (Å²) in [7, 11) is 1.54. The Hall–Kier alpha value is -2.92. The predicted molar refractivity (Wildman–Crippen MR) is 117 cm³/mol. The Morgan fingerprint density at radius 1 is 1.24 bits per heavy atom. The predicted octanol–water partition coefficient (Wildman–Crippen LogP) is 1.40. The van der Waals surface area contributed by atoms with Gasteiger partial charge in [-0.3, -0.25) is 4.79 Å². The van der Waals surface area contributed by atoms with Crippen molar-refractivity contribution in [2.45, 2.75) is 51.2 Å². The van der Waals surface area contributed by atoms with E-state index < -0.39 is 49.0 Å². The van der Waals surface area contributed by atoms with Crippen molar-refractivity contribution in [1.82, 2.24) is 5.32 Å². The van der Waals surface area contributed by atoms with Crippen LogP contribution in [0.1, 0.15) is 19.4 Å². The Bertz CT molecular complexity index is 896. The lowest BCUT2D eigenvalue weighted by Crippen LogP contribution is -2.57. The summed E-state index contributed by atoms with van der Waals surface area (Å²) in [6.07, 6.45) is -7.48. The molecule has 2 rings (SSSR count). The summed E-state index contributed by atoms with van der Waals surface area (Å²) in [6.45, 7) is 5.97. The number of halogens is 1. The van der Waals surface area contributed by atoms with Gasteiger partial charge in [-0.15, -0.1) is 0 Å². The number of methoxy groups -OCH3 is 1. The largest absolute Gasteiger partial charge is 0.507 e. The Morgan fingerprint density at radius 3 is 2.42 bits per heavy atom. The molecule has 1 heterocycles. The normalized spacial score (nSPS) is 26.3. The van der Waals surface area contributed by atoms with E-state index in [9.17, 15) is 29.6 Å². The number of rotatable bonds is 9. The molecule has 1 amide bonds. The second kappa shape index (κ2) is 11.8. The minimum Gasteiger partial charge on any atom is -0.507 e. The molecule has 1 aliphatic rings. The smallest absolute Gasteiger partial charge is 0.258 e. The number of ether oxygens (including phenoxy) is 3. The van der Waals surface area contributed by atoms with Crippen molar-refractivity contribution < 1.29 is 43.8 Å². The second-order valence-electron chi connectivity index (χ2n) is 7.61. The SMILES string of the molecule is C=C(C)/C=C(O)\C(C(=O)NCc1ccc(OC)cc1)=C(/C)OC1OC(CO)C(F)C(O)C1O. The first-order chi connectivity index (χ1) is 15.6. The summed E-state index contributed by atoms with van der Waals surface area (Å²) < 4.78 is 29.7. The standard InChI is InChI=1S/C23H30FNO8/c1-12(2)9-16(27)18(22(30)25-10-14-5-7-15(31-4)8-6-14)13(3)32-23-21(29)20(28)19(24)17(11-26)33-23/h5-9,17,19-21,23,26-29H,1,10-11H2,2-4H3,(H,25,30)/b16-9+,18-13-. The number of alkyl halides is 1. The van der Waals surface area contributed by atoms with Gasteiger partial charge in [-0.1, -0.05) is 24.3 Å². The molecular weight excluding hydrogens is 437 g/mol. The van der Waals surface area contributed by atoms with Gasteiger partial charge < -0.3 is 40.0 Å². The summed E-state index contributed by atoms with van der Waals surface area (Å²) in [5.41, 5.74) is 0.935. The molecule has 9 nitrogen and oxygen atoms in total. The van der Waals surface area contributed by atoms with Crippen LogP contribution in [0.25, 0.3) is 0 Å². The van der Waals surface area contributed by atoms with Crippen molar-refractivity contribution in [3.05, 3.63) is 65.1 Å². The van der Waals surface area contributed by atoms with E-state index in [0.717, 1.165) is 5.56 Å². The molecule has 182 valence electrons. The zero-order valence-corrected chi connectivity index (χ0v) is 18.7. The van der Waals surface area contributed by atoms with Gasteiger partial charge in [-0.25, -0.2) is 4.39 Å². The molecule has 0 radical (unpaired) electrons. The minimum absolute atomic E-state index is 0.122. The highest BCUT2D eigenvalue weighted by atomic mass is 19.1. The molecule has 1 fully saturated rings. The molecule has 1 aromatic carbocycles. The number of aliphatic hydroxyl groups is 4. The lowest BCUT2D eigenvalue weighted by atomic mass is 10.0. The molecule has 5 N–H and O–H groups in total. The summed E-state index contributed by atoms with van der Waals surface area (Å²) in [5.74, 6) is -0.671. The van der Waals surface area contributed by atoms with Crippen LogP contribution in [0.3, 0.4) is 0 Å². The van der Waals surface area contributed by atoms with E-state index in [4.69, 9.17) is 14.2 Å². The first-order valence-electron chi connectivity index (χ1n) is 10.2. The van der Waals surface area contributed by atoms with Crippen LogP contribution in [0, 0.1) is 0 Å². The van der Waals surface area contributed by atoms with Crippen LogP contribution >= 0.6 is 0 Å². The summed E-state index contributed by atoms with van der Waals surface area (Å²) in [6, 6.07) is 6.97. The van der Waals surface area contributed by atoms with Crippen LogP contribution in [0.5, 0.6) is 5.75 Å².